The van der Waals surface area contributed by atoms with Gasteiger partial charge < -0.3 is 15.4 Å². The molecule has 3 amide bonds. The van der Waals surface area contributed by atoms with Crippen molar-refractivity contribution in [3.8, 4) is 0 Å². The standard InChI is InChI=1S/C28H35N3O6/c32-24(14-6-1-2-7-15-25(33)31-36)29-22-18-16-21(17-19-22)27(34)30-26(20-10-4-3-5-11-20)28(35)37-23-12-8-9-13-23/h3-5,10-11,16-19,23,26,36H,1-2,6-9,12-15H2,(H,29,32)(H,30,34)(H,31,33)/t26-/m0/s1. The van der Waals surface area contributed by atoms with Crippen LogP contribution < -0.4 is 16.1 Å². The average Bonchev–Trinajstić information content (AvgIpc) is 3.42. The van der Waals surface area contributed by atoms with Crippen molar-refractivity contribution in [2.24, 2.45) is 0 Å². The second-order valence-electron chi connectivity index (χ2n) is 9.24. The van der Waals surface area contributed by atoms with Crippen LogP contribution in [0, 0.1) is 0 Å². The fraction of sp³-hybridized carbons (Fsp3) is 0.429. The van der Waals surface area contributed by atoms with Crippen molar-refractivity contribution in [2.75, 3.05) is 5.32 Å². The smallest absolute Gasteiger partial charge is 0.333 e. The monoisotopic (exact) mass is 509 g/mol. The summed E-state index contributed by atoms with van der Waals surface area (Å²) in [5.74, 6) is -1.42. The predicted octanol–water partition coefficient (Wildman–Crippen LogP) is 4.43. The molecule has 1 fully saturated rings. The van der Waals surface area contributed by atoms with E-state index in [9.17, 15) is 19.2 Å². The van der Waals surface area contributed by atoms with Crippen molar-refractivity contribution < 1.29 is 29.1 Å². The number of rotatable bonds is 13. The third-order valence-corrected chi connectivity index (χ3v) is 6.34. The van der Waals surface area contributed by atoms with E-state index in [0.29, 0.717) is 36.1 Å². The first-order valence-electron chi connectivity index (χ1n) is 12.9. The molecule has 0 spiro atoms. The van der Waals surface area contributed by atoms with Crippen LogP contribution >= 0.6 is 0 Å². The van der Waals surface area contributed by atoms with Crippen LogP contribution in [0.2, 0.25) is 0 Å². The first kappa shape index (κ1) is 27.9. The molecule has 3 rings (SSSR count). The molecule has 4 N–H and O–H groups in total. The lowest BCUT2D eigenvalue weighted by atomic mass is 10.1. The third kappa shape index (κ3) is 9.34. The summed E-state index contributed by atoms with van der Waals surface area (Å²) >= 11 is 0. The minimum absolute atomic E-state index is 0.105. The maximum atomic E-state index is 12.9. The van der Waals surface area contributed by atoms with E-state index in [4.69, 9.17) is 9.94 Å². The summed E-state index contributed by atoms with van der Waals surface area (Å²) in [5.41, 5.74) is 3.18. The average molecular weight is 510 g/mol. The van der Waals surface area contributed by atoms with Gasteiger partial charge in [0.2, 0.25) is 11.8 Å². The largest absolute Gasteiger partial charge is 0.461 e. The number of ether oxygens (including phenoxy) is 1. The highest BCUT2D eigenvalue weighted by Crippen LogP contribution is 2.24. The highest BCUT2D eigenvalue weighted by atomic mass is 16.5. The summed E-state index contributed by atoms with van der Waals surface area (Å²) in [7, 11) is 0. The van der Waals surface area contributed by atoms with Gasteiger partial charge in [0.25, 0.3) is 5.91 Å². The molecule has 1 saturated carbocycles. The Kier molecular flexibility index (Phi) is 11.1. The maximum absolute atomic E-state index is 12.9. The summed E-state index contributed by atoms with van der Waals surface area (Å²) in [5, 5.41) is 14.1. The minimum Gasteiger partial charge on any atom is -0.461 e. The lowest BCUT2D eigenvalue weighted by Gasteiger charge is -2.20. The van der Waals surface area contributed by atoms with Crippen LogP contribution in [0.5, 0.6) is 0 Å². The Labute approximate surface area is 216 Å². The molecule has 0 radical (unpaired) electrons. The van der Waals surface area contributed by atoms with Crippen LogP contribution in [0.15, 0.2) is 54.6 Å². The number of nitrogens with one attached hydrogen (secondary N) is 3. The lowest BCUT2D eigenvalue weighted by molar-refractivity contribution is -0.151. The molecule has 9 nitrogen and oxygen atoms in total. The Morgan fingerprint density at radius 1 is 0.838 bits per heavy atom. The number of benzene rings is 2. The van der Waals surface area contributed by atoms with Crippen LogP contribution in [-0.2, 0) is 19.1 Å². The Balaban J connectivity index is 1.49. The number of carbonyl (C=O) groups excluding carboxylic acids is 4. The number of unbranched alkanes of at least 4 members (excludes halogenated alkanes) is 3. The fourth-order valence-corrected chi connectivity index (χ4v) is 4.29. The van der Waals surface area contributed by atoms with Crippen LogP contribution in [0.3, 0.4) is 0 Å². The molecule has 1 aliphatic carbocycles. The first-order chi connectivity index (χ1) is 18.0. The topological polar surface area (TPSA) is 134 Å². The number of esters is 1. The zero-order valence-electron chi connectivity index (χ0n) is 20.9. The van der Waals surface area contributed by atoms with Gasteiger partial charge >= 0.3 is 5.97 Å². The molecule has 0 unspecified atom stereocenters. The van der Waals surface area contributed by atoms with Crippen molar-refractivity contribution in [1.29, 1.82) is 0 Å². The van der Waals surface area contributed by atoms with E-state index in [1.807, 2.05) is 18.2 Å². The van der Waals surface area contributed by atoms with Crippen molar-refractivity contribution in [3.05, 3.63) is 65.7 Å². The van der Waals surface area contributed by atoms with E-state index in [1.165, 1.54) is 0 Å². The second-order valence-corrected chi connectivity index (χ2v) is 9.24. The van der Waals surface area contributed by atoms with E-state index >= 15 is 0 Å². The van der Waals surface area contributed by atoms with Crippen LogP contribution in [0.4, 0.5) is 5.69 Å². The summed E-state index contributed by atoms with van der Waals surface area (Å²) in [6.07, 6.45) is 7.20. The Bertz CT molecular complexity index is 1040. The van der Waals surface area contributed by atoms with Crippen molar-refractivity contribution in [1.82, 2.24) is 10.8 Å². The van der Waals surface area contributed by atoms with Gasteiger partial charge in [-0.05, 0) is 68.4 Å². The molecule has 0 heterocycles. The molecule has 9 heteroatoms. The lowest BCUT2D eigenvalue weighted by Crippen LogP contribution is -2.36. The normalized spacial score (nSPS) is 14.0. The van der Waals surface area contributed by atoms with Gasteiger partial charge in [-0.2, -0.15) is 0 Å². The van der Waals surface area contributed by atoms with Crippen molar-refractivity contribution >= 4 is 29.4 Å². The molecule has 37 heavy (non-hydrogen) atoms. The molecule has 1 atom stereocenters. The van der Waals surface area contributed by atoms with Crippen molar-refractivity contribution in [2.45, 2.75) is 76.4 Å². The molecular weight excluding hydrogens is 474 g/mol. The number of anilines is 1. The SMILES string of the molecule is O=C(CCCCCCC(=O)Nc1ccc(C(=O)N[C@H](C(=O)OC2CCCC2)c2ccccc2)cc1)NO. The van der Waals surface area contributed by atoms with Crippen molar-refractivity contribution in [3.63, 3.8) is 0 Å². The van der Waals surface area contributed by atoms with Gasteiger partial charge in [-0.1, -0.05) is 43.2 Å². The molecule has 198 valence electrons. The number of carbonyl (C=O) groups is 4. The summed E-state index contributed by atoms with van der Waals surface area (Å²) < 4.78 is 5.67. The quantitative estimate of drug-likeness (QED) is 0.137. The van der Waals surface area contributed by atoms with Crippen LogP contribution in [0.1, 0.15) is 86.2 Å². The zero-order chi connectivity index (χ0) is 26.5. The molecule has 0 bridgehead atoms. The van der Waals surface area contributed by atoms with E-state index in [-0.39, 0.29) is 18.4 Å². The molecule has 0 aliphatic heterocycles. The Morgan fingerprint density at radius 3 is 2.08 bits per heavy atom. The van der Waals surface area contributed by atoms with Gasteiger partial charge in [-0.3, -0.25) is 19.6 Å². The predicted molar refractivity (Wildman–Crippen MR) is 138 cm³/mol. The van der Waals surface area contributed by atoms with Crippen LogP contribution in [-0.4, -0.2) is 35.0 Å². The van der Waals surface area contributed by atoms with Gasteiger partial charge in [0.05, 0.1) is 0 Å². The molecule has 2 aromatic carbocycles. The number of hydrogen-bond acceptors (Lipinski definition) is 6. The highest BCUT2D eigenvalue weighted by Gasteiger charge is 2.28. The van der Waals surface area contributed by atoms with Gasteiger partial charge in [-0.15, -0.1) is 0 Å². The first-order valence-corrected chi connectivity index (χ1v) is 12.9. The molecular formula is C28H35N3O6. The summed E-state index contributed by atoms with van der Waals surface area (Å²) in [6.45, 7) is 0. The maximum Gasteiger partial charge on any atom is 0.333 e. The van der Waals surface area contributed by atoms with E-state index in [2.05, 4.69) is 10.6 Å². The summed E-state index contributed by atoms with van der Waals surface area (Å²) in [4.78, 5) is 49.0. The number of amides is 3. The van der Waals surface area contributed by atoms with Crippen LogP contribution in [0.25, 0.3) is 0 Å². The number of hydrogen-bond donors (Lipinski definition) is 4. The highest BCUT2D eigenvalue weighted by molar-refractivity contribution is 5.98. The second kappa shape index (κ2) is 14.7. The van der Waals surface area contributed by atoms with E-state index < -0.39 is 23.8 Å². The van der Waals surface area contributed by atoms with Gasteiger partial charge in [0.1, 0.15) is 6.10 Å². The Hall–Kier alpha value is -3.72. The van der Waals surface area contributed by atoms with E-state index in [1.54, 1.807) is 41.9 Å². The molecule has 1 aliphatic rings. The number of hydroxylamine groups is 1. The summed E-state index contributed by atoms with van der Waals surface area (Å²) in [6, 6.07) is 14.6. The zero-order valence-corrected chi connectivity index (χ0v) is 20.9. The Morgan fingerprint density at radius 2 is 1.46 bits per heavy atom. The minimum atomic E-state index is -0.910. The molecule has 0 saturated heterocycles. The van der Waals surface area contributed by atoms with Gasteiger partial charge in [-0.25, -0.2) is 10.3 Å². The van der Waals surface area contributed by atoms with E-state index in [0.717, 1.165) is 38.5 Å². The van der Waals surface area contributed by atoms with Gasteiger partial charge in [0, 0.05) is 24.1 Å². The molecule has 0 aromatic heterocycles. The molecule has 2 aromatic rings. The third-order valence-electron chi connectivity index (χ3n) is 6.34. The fourth-order valence-electron chi connectivity index (χ4n) is 4.29. The van der Waals surface area contributed by atoms with Gasteiger partial charge in [0.15, 0.2) is 6.04 Å².